The Labute approximate surface area is 113 Å². The molecule has 1 aromatic carbocycles. The number of carboxylic acid groups (broad SMARTS) is 1. The van der Waals surface area contributed by atoms with E-state index in [0.717, 1.165) is 11.1 Å². The highest BCUT2D eigenvalue weighted by molar-refractivity contribution is 5.98. The molecule has 104 valence electrons. The van der Waals surface area contributed by atoms with E-state index < -0.39 is 17.4 Å². The molecule has 0 heterocycles. The van der Waals surface area contributed by atoms with Gasteiger partial charge in [0.1, 0.15) is 6.04 Å². The zero-order chi connectivity index (χ0) is 14.8. The fourth-order valence-electron chi connectivity index (χ4n) is 1.84. The number of carboxylic acids is 1. The Morgan fingerprint density at radius 1 is 1.21 bits per heavy atom. The quantitative estimate of drug-likeness (QED) is 0.880. The van der Waals surface area contributed by atoms with E-state index in [4.69, 9.17) is 0 Å². The molecule has 0 aliphatic carbocycles. The number of nitrogens with one attached hydrogen (secondary N) is 1. The van der Waals surface area contributed by atoms with Crippen molar-refractivity contribution >= 4 is 11.9 Å². The van der Waals surface area contributed by atoms with Gasteiger partial charge in [0.05, 0.1) is 0 Å². The normalized spacial score (nSPS) is 12.9. The summed E-state index contributed by atoms with van der Waals surface area (Å²) < 4.78 is 0. The van der Waals surface area contributed by atoms with E-state index in [0.29, 0.717) is 5.56 Å². The predicted octanol–water partition coefficient (Wildman–Crippen LogP) is 2.53. The zero-order valence-corrected chi connectivity index (χ0v) is 12.1. The van der Waals surface area contributed by atoms with Crippen molar-refractivity contribution in [2.75, 3.05) is 0 Å². The van der Waals surface area contributed by atoms with Crippen LogP contribution in [0.4, 0.5) is 0 Å². The molecule has 0 saturated heterocycles. The van der Waals surface area contributed by atoms with E-state index in [-0.39, 0.29) is 5.91 Å². The summed E-state index contributed by atoms with van der Waals surface area (Å²) in [5, 5.41) is 11.8. The van der Waals surface area contributed by atoms with E-state index in [1.807, 2.05) is 26.0 Å². The lowest BCUT2D eigenvalue weighted by atomic mass is 9.86. The van der Waals surface area contributed by atoms with Crippen molar-refractivity contribution < 1.29 is 14.7 Å². The molecule has 0 saturated carbocycles. The van der Waals surface area contributed by atoms with E-state index >= 15 is 0 Å². The summed E-state index contributed by atoms with van der Waals surface area (Å²) in [6.07, 6.45) is 0. The third kappa shape index (κ3) is 3.81. The van der Waals surface area contributed by atoms with Crippen molar-refractivity contribution in [2.24, 2.45) is 5.41 Å². The molecule has 0 spiro atoms. The second-order valence-electron chi connectivity index (χ2n) is 5.93. The molecule has 0 aliphatic heterocycles. The van der Waals surface area contributed by atoms with Crippen LogP contribution in [0.3, 0.4) is 0 Å². The lowest BCUT2D eigenvalue weighted by Gasteiger charge is -2.28. The molecule has 1 amide bonds. The van der Waals surface area contributed by atoms with Gasteiger partial charge >= 0.3 is 5.97 Å². The maximum absolute atomic E-state index is 12.2. The predicted molar refractivity (Wildman–Crippen MR) is 74.3 cm³/mol. The lowest BCUT2D eigenvalue weighted by Crippen LogP contribution is -2.49. The van der Waals surface area contributed by atoms with E-state index in [2.05, 4.69) is 5.32 Å². The van der Waals surface area contributed by atoms with Gasteiger partial charge in [-0.15, -0.1) is 0 Å². The molecule has 4 nitrogen and oxygen atoms in total. The number of carbonyl (C=O) groups excluding carboxylic acids is 1. The maximum Gasteiger partial charge on any atom is 0.326 e. The van der Waals surface area contributed by atoms with Crippen LogP contribution < -0.4 is 5.32 Å². The minimum absolute atomic E-state index is 0.344. The van der Waals surface area contributed by atoms with Gasteiger partial charge in [-0.2, -0.15) is 0 Å². The molecule has 2 N–H and O–H groups in total. The van der Waals surface area contributed by atoms with Crippen LogP contribution in [0.1, 0.15) is 42.3 Å². The van der Waals surface area contributed by atoms with Crippen molar-refractivity contribution in [1.29, 1.82) is 0 Å². The standard InChI is InChI=1S/C15H21NO3/c1-9-6-7-10(2)11(8-9)13(17)16-12(14(18)19)15(3,4)5/h6-8,12H,1-5H3,(H,16,17)(H,18,19)/t12-/m0/s1. The van der Waals surface area contributed by atoms with Crippen molar-refractivity contribution in [3.8, 4) is 0 Å². The fourth-order valence-corrected chi connectivity index (χ4v) is 1.84. The van der Waals surface area contributed by atoms with Crippen molar-refractivity contribution in [3.63, 3.8) is 0 Å². The molecule has 1 aromatic rings. The maximum atomic E-state index is 12.2. The smallest absolute Gasteiger partial charge is 0.326 e. The van der Waals surface area contributed by atoms with Gasteiger partial charge in [-0.3, -0.25) is 4.79 Å². The number of hydrogen-bond acceptors (Lipinski definition) is 2. The minimum atomic E-state index is -1.02. The van der Waals surface area contributed by atoms with Crippen LogP contribution in [-0.4, -0.2) is 23.0 Å². The Bertz CT molecular complexity index is 501. The fraction of sp³-hybridized carbons (Fsp3) is 0.467. The number of hydrogen-bond donors (Lipinski definition) is 2. The average molecular weight is 263 g/mol. The molecular formula is C15H21NO3. The summed E-state index contributed by atoms with van der Waals surface area (Å²) >= 11 is 0. The molecule has 0 unspecified atom stereocenters. The first-order valence-corrected chi connectivity index (χ1v) is 6.24. The second-order valence-corrected chi connectivity index (χ2v) is 5.93. The Balaban J connectivity index is 3.01. The van der Waals surface area contributed by atoms with Gasteiger partial charge < -0.3 is 10.4 Å². The molecule has 0 fully saturated rings. The van der Waals surface area contributed by atoms with Crippen LogP contribution in [-0.2, 0) is 4.79 Å². The summed E-state index contributed by atoms with van der Waals surface area (Å²) in [6.45, 7) is 9.09. The first kappa shape index (κ1) is 15.2. The summed E-state index contributed by atoms with van der Waals surface area (Å²) in [7, 11) is 0. The SMILES string of the molecule is Cc1ccc(C)c(C(=O)N[C@@H](C(=O)O)C(C)(C)C)c1. The van der Waals surface area contributed by atoms with Crippen molar-refractivity contribution in [2.45, 2.75) is 40.7 Å². The van der Waals surface area contributed by atoms with Crippen LogP contribution in [0.5, 0.6) is 0 Å². The van der Waals surface area contributed by atoms with Gasteiger partial charge in [0, 0.05) is 5.56 Å². The first-order chi connectivity index (χ1) is 8.62. The number of amides is 1. The van der Waals surface area contributed by atoms with Crippen LogP contribution >= 0.6 is 0 Å². The molecule has 1 rings (SSSR count). The second kappa shape index (κ2) is 5.43. The molecule has 19 heavy (non-hydrogen) atoms. The highest BCUT2D eigenvalue weighted by atomic mass is 16.4. The van der Waals surface area contributed by atoms with Crippen LogP contribution in [0.25, 0.3) is 0 Å². The third-order valence-electron chi connectivity index (χ3n) is 3.03. The number of rotatable bonds is 3. The summed E-state index contributed by atoms with van der Waals surface area (Å²) in [4.78, 5) is 23.5. The molecule has 4 heteroatoms. The molecular weight excluding hydrogens is 242 g/mol. The number of aryl methyl sites for hydroxylation is 2. The number of aliphatic carboxylic acids is 1. The van der Waals surface area contributed by atoms with Gasteiger partial charge in [0.15, 0.2) is 0 Å². The van der Waals surface area contributed by atoms with Gasteiger partial charge in [-0.05, 0) is 30.9 Å². The number of benzene rings is 1. The molecule has 0 radical (unpaired) electrons. The van der Waals surface area contributed by atoms with E-state index in [1.165, 1.54) is 0 Å². The molecule has 0 aromatic heterocycles. The largest absolute Gasteiger partial charge is 0.480 e. The lowest BCUT2D eigenvalue weighted by molar-refractivity contribution is -0.142. The average Bonchev–Trinajstić information content (AvgIpc) is 2.26. The first-order valence-electron chi connectivity index (χ1n) is 6.24. The number of carbonyl (C=O) groups is 2. The monoisotopic (exact) mass is 263 g/mol. The van der Waals surface area contributed by atoms with Crippen LogP contribution in [0, 0.1) is 19.3 Å². The van der Waals surface area contributed by atoms with Crippen molar-refractivity contribution in [3.05, 3.63) is 34.9 Å². The van der Waals surface area contributed by atoms with Gasteiger partial charge in [-0.1, -0.05) is 38.5 Å². The van der Waals surface area contributed by atoms with Gasteiger partial charge in [0.25, 0.3) is 5.91 Å². The highest BCUT2D eigenvalue weighted by Gasteiger charge is 2.33. The highest BCUT2D eigenvalue weighted by Crippen LogP contribution is 2.20. The van der Waals surface area contributed by atoms with E-state index in [9.17, 15) is 14.7 Å². The Morgan fingerprint density at radius 3 is 2.26 bits per heavy atom. The zero-order valence-electron chi connectivity index (χ0n) is 12.1. The Hall–Kier alpha value is -1.84. The molecule has 1 atom stereocenters. The van der Waals surface area contributed by atoms with Gasteiger partial charge in [-0.25, -0.2) is 4.79 Å². The Kier molecular flexibility index (Phi) is 4.35. The van der Waals surface area contributed by atoms with E-state index in [1.54, 1.807) is 26.8 Å². The molecule has 0 aliphatic rings. The van der Waals surface area contributed by atoms with Gasteiger partial charge in [0.2, 0.25) is 0 Å². The topological polar surface area (TPSA) is 66.4 Å². The van der Waals surface area contributed by atoms with Crippen LogP contribution in [0.15, 0.2) is 18.2 Å². The minimum Gasteiger partial charge on any atom is -0.480 e. The summed E-state index contributed by atoms with van der Waals surface area (Å²) in [6, 6.07) is 4.63. The summed E-state index contributed by atoms with van der Waals surface area (Å²) in [5.41, 5.74) is 1.79. The van der Waals surface area contributed by atoms with Crippen LogP contribution in [0.2, 0.25) is 0 Å². The van der Waals surface area contributed by atoms with Crippen molar-refractivity contribution in [1.82, 2.24) is 5.32 Å². The third-order valence-corrected chi connectivity index (χ3v) is 3.03. The summed E-state index contributed by atoms with van der Waals surface area (Å²) in [5.74, 6) is -1.37. The molecule has 0 bridgehead atoms. The Morgan fingerprint density at radius 2 is 1.79 bits per heavy atom.